The molecule has 1 aliphatic carbocycles. The third kappa shape index (κ3) is 4.97. The second-order valence-electron chi connectivity index (χ2n) is 7.76. The molecule has 1 aromatic heterocycles. The largest absolute Gasteiger partial charge is 0.385 e. The van der Waals surface area contributed by atoms with Crippen molar-refractivity contribution in [3.63, 3.8) is 0 Å². The van der Waals surface area contributed by atoms with Crippen LogP contribution < -0.4 is 16.0 Å². The van der Waals surface area contributed by atoms with Gasteiger partial charge in [-0.15, -0.1) is 22.9 Å². The first-order valence-corrected chi connectivity index (χ1v) is 12.2. The van der Waals surface area contributed by atoms with Gasteiger partial charge in [-0.25, -0.2) is 0 Å². The molecule has 0 spiro atoms. The van der Waals surface area contributed by atoms with Crippen LogP contribution in [0.4, 0.5) is 16.4 Å². The van der Waals surface area contributed by atoms with Gasteiger partial charge < -0.3 is 16.0 Å². The van der Waals surface area contributed by atoms with E-state index >= 15 is 0 Å². The lowest BCUT2D eigenvalue weighted by molar-refractivity contribution is 0.102. The highest BCUT2D eigenvalue weighted by Crippen LogP contribution is 2.39. The number of nitrogens with one attached hydrogen (secondary N) is 3. The van der Waals surface area contributed by atoms with Gasteiger partial charge in [0.15, 0.2) is 0 Å². The molecule has 0 saturated carbocycles. The Hall–Kier alpha value is -2.83. The normalized spacial score (nSPS) is 12.7. The first kappa shape index (κ1) is 22.4. The number of hydrogen-bond donors (Lipinski definition) is 3. The number of halogens is 1. The molecule has 3 N–H and O–H groups in total. The number of anilines is 3. The van der Waals surface area contributed by atoms with E-state index in [0.29, 0.717) is 22.0 Å². The molecule has 1 heterocycles. The van der Waals surface area contributed by atoms with Crippen LogP contribution in [-0.2, 0) is 18.7 Å². The Morgan fingerprint density at radius 2 is 1.72 bits per heavy atom. The Morgan fingerprint density at radius 3 is 2.47 bits per heavy atom. The molecule has 5 nitrogen and oxygen atoms in total. The zero-order chi connectivity index (χ0) is 22.5. The minimum absolute atomic E-state index is 0.189. The summed E-state index contributed by atoms with van der Waals surface area (Å²) in [7, 11) is 0. The van der Waals surface area contributed by atoms with Crippen LogP contribution in [-0.4, -0.2) is 18.4 Å². The summed E-state index contributed by atoms with van der Waals surface area (Å²) >= 11 is 7.43. The summed E-state index contributed by atoms with van der Waals surface area (Å²) in [5.41, 5.74) is 4.78. The predicted molar refractivity (Wildman–Crippen MR) is 133 cm³/mol. The van der Waals surface area contributed by atoms with Crippen LogP contribution in [0.1, 0.15) is 56.5 Å². The summed E-state index contributed by atoms with van der Waals surface area (Å²) in [6.07, 6.45) is 3.94. The first-order chi connectivity index (χ1) is 15.6. The number of amides is 2. The molecular weight excluding hydrogens is 442 g/mol. The van der Waals surface area contributed by atoms with Crippen LogP contribution in [0.5, 0.6) is 0 Å². The first-order valence-electron chi connectivity index (χ1n) is 10.8. The van der Waals surface area contributed by atoms with E-state index in [4.69, 9.17) is 11.6 Å². The van der Waals surface area contributed by atoms with Gasteiger partial charge in [-0.3, -0.25) is 9.59 Å². The Bertz CT molecular complexity index is 1120. The van der Waals surface area contributed by atoms with E-state index in [1.54, 1.807) is 12.1 Å². The summed E-state index contributed by atoms with van der Waals surface area (Å²) in [4.78, 5) is 27.4. The van der Waals surface area contributed by atoms with Crippen molar-refractivity contribution in [3.05, 3.63) is 75.7 Å². The predicted octanol–water partition coefficient (Wildman–Crippen LogP) is 6.30. The number of hydrogen-bond acceptors (Lipinski definition) is 4. The molecule has 1 aliphatic rings. The topological polar surface area (TPSA) is 70.2 Å². The maximum atomic E-state index is 13.3. The number of fused-ring (bicyclic) bond motifs is 1. The number of carbonyl (C=O) groups is 2. The lowest BCUT2D eigenvalue weighted by atomic mass is 9.95. The average molecular weight is 468 g/mol. The maximum Gasteiger partial charge on any atom is 0.258 e. The van der Waals surface area contributed by atoms with Gasteiger partial charge in [0.2, 0.25) is 0 Å². The third-order valence-electron chi connectivity index (χ3n) is 5.49. The summed E-state index contributed by atoms with van der Waals surface area (Å²) in [6, 6.07) is 14.9. The molecular formula is C25H26ClN3O2S. The van der Waals surface area contributed by atoms with E-state index < -0.39 is 0 Å². The Balaban J connectivity index is 1.60. The Labute approximate surface area is 197 Å². The molecule has 0 aliphatic heterocycles. The number of aryl methyl sites for hydroxylation is 1. The number of rotatable bonds is 7. The number of carbonyl (C=O) groups excluding carboxylic acids is 2. The van der Waals surface area contributed by atoms with Crippen molar-refractivity contribution in [2.45, 2.75) is 38.5 Å². The van der Waals surface area contributed by atoms with Crippen LogP contribution in [0.2, 0.25) is 0 Å². The van der Waals surface area contributed by atoms with E-state index in [0.717, 1.165) is 54.7 Å². The average Bonchev–Trinajstić information content (AvgIpc) is 3.18. The second kappa shape index (κ2) is 10.2. The summed E-state index contributed by atoms with van der Waals surface area (Å²) < 4.78 is 0. The smallest absolute Gasteiger partial charge is 0.258 e. The van der Waals surface area contributed by atoms with Gasteiger partial charge in [0, 0.05) is 34.2 Å². The monoisotopic (exact) mass is 467 g/mol. The van der Waals surface area contributed by atoms with E-state index in [1.807, 2.05) is 43.3 Å². The van der Waals surface area contributed by atoms with Gasteiger partial charge in [0.1, 0.15) is 5.00 Å². The fourth-order valence-electron chi connectivity index (χ4n) is 3.93. The van der Waals surface area contributed by atoms with Crippen LogP contribution in [0.15, 0.2) is 48.5 Å². The van der Waals surface area contributed by atoms with Gasteiger partial charge in [-0.1, -0.05) is 12.1 Å². The van der Waals surface area contributed by atoms with Crippen molar-refractivity contribution < 1.29 is 9.59 Å². The molecule has 4 rings (SSSR count). The van der Waals surface area contributed by atoms with Crippen molar-refractivity contribution in [1.82, 2.24) is 0 Å². The van der Waals surface area contributed by atoms with Gasteiger partial charge in [0.05, 0.1) is 5.56 Å². The van der Waals surface area contributed by atoms with Crippen molar-refractivity contribution in [2.75, 3.05) is 22.5 Å². The SMILES string of the molecule is CCNc1ccc(NC(=O)c2c(NC(=O)c3cccc(CCl)c3)sc3c2CCCC3)cc1. The van der Waals surface area contributed by atoms with Gasteiger partial charge >= 0.3 is 0 Å². The zero-order valence-electron chi connectivity index (χ0n) is 18.0. The maximum absolute atomic E-state index is 13.3. The molecule has 0 atom stereocenters. The summed E-state index contributed by atoms with van der Waals surface area (Å²) in [5.74, 6) is -0.0840. The summed E-state index contributed by atoms with van der Waals surface area (Å²) in [6.45, 7) is 2.88. The molecule has 166 valence electrons. The molecule has 0 radical (unpaired) electrons. The molecule has 2 aromatic carbocycles. The fourth-order valence-corrected chi connectivity index (χ4v) is 5.38. The number of benzene rings is 2. The number of thiophene rings is 1. The van der Waals surface area contributed by atoms with Crippen LogP contribution in [0, 0.1) is 0 Å². The van der Waals surface area contributed by atoms with Crippen LogP contribution in [0.3, 0.4) is 0 Å². The molecule has 3 aromatic rings. The minimum atomic E-state index is -0.236. The lowest BCUT2D eigenvalue weighted by Crippen LogP contribution is -2.18. The van der Waals surface area contributed by atoms with E-state index in [-0.39, 0.29) is 11.8 Å². The van der Waals surface area contributed by atoms with Crippen molar-refractivity contribution in [2.24, 2.45) is 0 Å². The van der Waals surface area contributed by atoms with Gasteiger partial charge in [0.25, 0.3) is 11.8 Å². The Morgan fingerprint density at radius 1 is 0.969 bits per heavy atom. The highest BCUT2D eigenvalue weighted by atomic mass is 35.5. The summed E-state index contributed by atoms with van der Waals surface area (Å²) in [5, 5.41) is 9.86. The van der Waals surface area contributed by atoms with Gasteiger partial charge in [-0.2, -0.15) is 0 Å². The third-order valence-corrected chi connectivity index (χ3v) is 7.01. The molecule has 7 heteroatoms. The molecule has 32 heavy (non-hydrogen) atoms. The van der Waals surface area contributed by atoms with Crippen molar-refractivity contribution in [1.29, 1.82) is 0 Å². The second-order valence-corrected chi connectivity index (χ2v) is 9.14. The van der Waals surface area contributed by atoms with E-state index in [1.165, 1.54) is 16.2 Å². The molecule has 2 amide bonds. The minimum Gasteiger partial charge on any atom is -0.385 e. The van der Waals surface area contributed by atoms with Crippen molar-refractivity contribution in [3.8, 4) is 0 Å². The molecule has 0 bridgehead atoms. The fraction of sp³-hybridized carbons (Fsp3) is 0.280. The van der Waals surface area contributed by atoms with E-state index in [9.17, 15) is 9.59 Å². The molecule has 0 fully saturated rings. The van der Waals surface area contributed by atoms with Crippen molar-refractivity contribution >= 4 is 51.1 Å². The Kier molecular flexibility index (Phi) is 7.12. The van der Waals surface area contributed by atoms with Gasteiger partial charge in [-0.05, 0) is 80.1 Å². The quantitative estimate of drug-likeness (QED) is 0.357. The van der Waals surface area contributed by atoms with Crippen LogP contribution >= 0.6 is 22.9 Å². The number of alkyl halides is 1. The lowest BCUT2D eigenvalue weighted by Gasteiger charge is -2.14. The standard InChI is InChI=1S/C25H26ClN3O2S/c1-2-27-18-10-12-19(13-11-18)28-24(31)22-20-8-3-4-9-21(20)32-25(22)29-23(30)17-7-5-6-16(14-17)15-26/h5-7,10-14,27H,2-4,8-9,15H2,1H3,(H,28,31)(H,29,30). The zero-order valence-corrected chi connectivity index (χ0v) is 19.5. The van der Waals surface area contributed by atoms with Crippen LogP contribution in [0.25, 0.3) is 0 Å². The molecule has 0 unspecified atom stereocenters. The molecule has 0 saturated heterocycles. The van der Waals surface area contributed by atoms with E-state index in [2.05, 4.69) is 16.0 Å². The highest BCUT2D eigenvalue weighted by Gasteiger charge is 2.26. The highest BCUT2D eigenvalue weighted by molar-refractivity contribution is 7.17.